The highest BCUT2D eigenvalue weighted by atomic mass is 19.4. The first-order valence-corrected chi connectivity index (χ1v) is 12.0. The van der Waals surface area contributed by atoms with Crippen LogP contribution < -0.4 is 16.2 Å². The number of rotatable bonds is 4. The molecule has 4 aromatic rings. The highest BCUT2D eigenvalue weighted by molar-refractivity contribution is 5.78. The van der Waals surface area contributed by atoms with Crippen molar-refractivity contribution in [1.82, 2.24) is 29.6 Å². The zero-order valence-corrected chi connectivity index (χ0v) is 21.0. The largest absolute Gasteiger partial charge is 0.408 e. The van der Waals surface area contributed by atoms with E-state index in [9.17, 15) is 23.2 Å². The van der Waals surface area contributed by atoms with Crippen molar-refractivity contribution in [3.05, 3.63) is 69.4 Å². The van der Waals surface area contributed by atoms with E-state index in [1.54, 1.807) is 0 Å². The Hall–Kier alpha value is -4.24. The fraction of sp³-hybridized carbons (Fsp3) is 0.346. The van der Waals surface area contributed by atoms with Crippen LogP contribution in [0.3, 0.4) is 0 Å². The van der Waals surface area contributed by atoms with Gasteiger partial charge in [0.25, 0.3) is 5.56 Å². The standard InChI is InChI=1S/C26H25F3N8O/c1-25(2,3)21-9-20(17(10-30)12-32-21)37-22-19(23(38)36(37)14-26(27,28)29)13-33-24(35-22)34-18-5-4-16-11-31-7-6-15(16)8-18/h4-5,8-9,12-13,31H,6-7,11,14H2,1-3H3,(H,33,34,35). The first-order valence-electron chi connectivity index (χ1n) is 12.0. The summed E-state index contributed by atoms with van der Waals surface area (Å²) in [7, 11) is 0. The minimum Gasteiger partial charge on any atom is -0.324 e. The summed E-state index contributed by atoms with van der Waals surface area (Å²) >= 11 is 0. The zero-order chi connectivity index (χ0) is 27.2. The van der Waals surface area contributed by atoms with Crippen LogP contribution in [0, 0.1) is 11.3 Å². The number of pyridine rings is 1. The average molecular weight is 523 g/mol. The summed E-state index contributed by atoms with van der Waals surface area (Å²) in [6, 6.07) is 9.34. The molecule has 0 unspecified atom stereocenters. The normalized spacial score (nSPS) is 13.8. The van der Waals surface area contributed by atoms with Crippen LogP contribution in [0.1, 0.15) is 43.2 Å². The summed E-state index contributed by atoms with van der Waals surface area (Å²) in [5.74, 6) is 0.105. The molecule has 0 atom stereocenters. The van der Waals surface area contributed by atoms with Gasteiger partial charge in [-0.1, -0.05) is 26.8 Å². The molecule has 0 amide bonds. The molecule has 0 saturated carbocycles. The second-order valence-electron chi connectivity index (χ2n) is 10.2. The third kappa shape index (κ3) is 4.84. The topological polar surface area (TPSA) is 113 Å². The summed E-state index contributed by atoms with van der Waals surface area (Å²) < 4.78 is 42.4. The van der Waals surface area contributed by atoms with Crippen LogP contribution in [0.15, 0.2) is 41.5 Å². The lowest BCUT2D eigenvalue weighted by molar-refractivity contribution is -0.144. The number of halogens is 3. The van der Waals surface area contributed by atoms with E-state index in [2.05, 4.69) is 25.6 Å². The molecule has 0 radical (unpaired) electrons. The van der Waals surface area contributed by atoms with Crippen LogP contribution in [0.25, 0.3) is 16.7 Å². The van der Waals surface area contributed by atoms with E-state index in [-0.39, 0.29) is 28.2 Å². The fourth-order valence-corrected chi connectivity index (χ4v) is 4.45. The minimum absolute atomic E-state index is 0.00208. The van der Waals surface area contributed by atoms with Crippen molar-refractivity contribution in [2.45, 2.75) is 51.9 Å². The van der Waals surface area contributed by atoms with Gasteiger partial charge in [-0.3, -0.25) is 9.78 Å². The average Bonchev–Trinajstić information content (AvgIpc) is 3.12. The van der Waals surface area contributed by atoms with Gasteiger partial charge in [-0.15, -0.1) is 0 Å². The van der Waals surface area contributed by atoms with Gasteiger partial charge >= 0.3 is 6.18 Å². The van der Waals surface area contributed by atoms with Crippen molar-refractivity contribution in [3.8, 4) is 11.8 Å². The molecule has 1 aliphatic heterocycles. The number of fused-ring (bicyclic) bond motifs is 2. The third-order valence-corrected chi connectivity index (χ3v) is 6.35. The molecular weight excluding hydrogens is 497 g/mol. The van der Waals surface area contributed by atoms with E-state index in [4.69, 9.17) is 0 Å². The van der Waals surface area contributed by atoms with E-state index in [0.717, 1.165) is 24.2 Å². The Kier molecular flexibility index (Phi) is 6.19. The van der Waals surface area contributed by atoms with Crippen molar-refractivity contribution in [3.63, 3.8) is 0 Å². The molecule has 9 nitrogen and oxygen atoms in total. The van der Waals surface area contributed by atoms with Gasteiger partial charge in [0.15, 0.2) is 5.65 Å². The monoisotopic (exact) mass is 522 g/mol. The Bertz CT molecular complexity index is 1640. The van der Waals surface area contributed by atoms with Crippen molar-refractivity contribution in [1.29, 1.82) is 5.26 Å². The van der Waals surface area contributed by atoms with Crippen LogP contribution in [0.4, 0.5) is 24.8 Å². The molecule has 4 heterocycles. The first kappa shape index (κ1) is 25.4. The summed E-state index contributed by atoms with van der Waals surface area (Å²) in [5.41, 5.74) is 2.26. The maximum Gasteiger partial charge on any atom is 0.408 e. The summed E-state index contributed by atoms with van der Waals surface area (Å²) in [4.78, 5) is 26.1. The van der Waals surface area contributed by atoms with E-state index < -0.39 is 23.7 Å². The van der Waals surface area contributed by atoms with Crippen molar-refractivity contribution in [2.24, 2.45) is 0 Å². The van der Waals surface area contributed by atoms with Crippen molar-refractivity contribution in [2.75, 3.05) is 11.9 Å². The number of nitrogens with one attached hydrogen (secondary N) is 2. The Morgan fingerprint density at radius 1 is 1.13 bits per heavy atom. The predicted molar refractivity (Wildman–Crippen MR) is 136 cm³/mol. The van der Waals surface area contributed by atoms with Crippen LogP contribution in [0.5, 0.6) is 0 Å². The van der Waals surface area contributed by atoms with Gasteiger partial charge in [-0.2, -0.15) is 23.4 Å². The van der Waals surface area contributed by atoms with Gasteiger partial charge in [-0.25, -0.2) is 14.3 Å². The number of nitrogens with zero attached hydrogens (tertiary/aromatic N) is 6. The van der Waals surface area contributed by atoms with E-state index in [1.807, 2.05) is 45.0 Å². The van der Waals surface area contributed by atoms with Gasteiger partial charge in [-0.05, 0) is 42.3 Å². The third-order valence-electron chi connectivity index (χ3n) is 6.35. The molecule has 2 N–H and O–H groups in total. The molecule has 38 heavy (non-hydrogen) atoms. The number of alkyl halides is 3. The number of nitriles is 1. The predicted octanol–water partition coefficient (Wildman–Crippen LogP) is 4.10. The highest BCUT2D eigenvalue weighted by Gasteiger charge is 2.33. The molecular formula is C26H25F3N8O. The quantitative estimate of drug-likeness (QED) is 0.415. The lowest BCUT2D eigenvalue weighted by Crippen LogP contribution is -2.30. The Morgan fingerprint density at radius 2 is 1.92 bits per heavy atom. The van der Waals surface area contributed by atoms with E-state index >= 15 is 0 Å². The lowest BCUT2D eigenvalue weighted by Gasteiger charge is -2.21. The van der Waals surface area contributed by atoms with Gasteiger partial charge in [0.1, 0.15) is 18.0 Å². The second kappa shape index (κ2) is 9.25. The maximum absolute atomic E-state index is 13.6. The molecule has 5 rings (SSSR count). The van der Waals surface area contributed by atoms with Crippen LogP contribution in [-0.2, 0) is 24.9 Å². The number of aromatic nitrogens is 5. The molecule has 0 spiro atoms. The Balaban J connectivity index is 1.70. The summed E-state index contributed by atoms with van der Waals surface area (Å²) in [6.07, 6.45) is -1.34. The smallest absolute Gasteiger partial charge is 0.324 e. The number of hydrogen-bond acceptors (Lipinski definition) is 7. The van der Waals surface area contributed by atoms with Gasteiger partial charge in [0.05, 0.1) is 11.3 Å². The number of anilines is 2. The summed E-state index contributed by atoms with van der Waals surface area (Å²) in [5, 5.41) is 16.1. The lowest BCUT2D eigenvalue weighted by atomic mass is 9.91. The summed E-state index contributed by atoms with van der Waals surface area (Å²) in [6.45, 7) is 5.74. The molecule has 0 aliphatic carbocycles. The van der Waals surface area contributed by atoms with Crippen molar-refractivity contribution < 1.29 is 13.2 Å². The van der Waals surface area contributed by atoms with E-state index in [0.29, 0.717) is 16.1 Å². The van der Waals surface area contributed by atoms with Crippen LogP contribution in [-0.4, -0.2) is 37.0 Å². The molecule has 0 bridgehead atoms. The minimum atomic E-state index is -4.70. The molecule has 1 aliphatic rings. The van der Waals surface area contributed by atoms with Crippen LogP contribution in [0.2, 0.25) is 0 Å². The highest BCUT2D eigenvalue weighted by Crippen LogP contribution is 2.28. The first-order chi connectivity index (χ1) is 17.9. The second-order valence-corrected chi connectivity index (χ2v) is 10.2. The molecule has 3 aromatic heterocycles. The van der Waals surface area contributed by atoms with Gasteiger partial charge in [0.2, 0.25) is 5.95 Å². The fourth-order valence-electron chi connectivity index (χ4n) is 4.45. The molecule has 0 fully saturated rings. The molecule has 12 heteroatoms. The number of benzene rings is 1. The zero-order valence-electron chi connectivity index (χ0n) is 21.0. The molecule has 1 aromatic carbocycles. The van der Waals surface area contributed by atoms with Crippen LogP contribution >= 0.6 is 0 Å². The SMILES string of the molecule is CC(C)(C)c1cc(-n2c3nc(Nc4ccc5c(c4)CCNC5)ncc3c(=O)n2CC(F)(F)F)c(C#N)cn1. The van der Waals surface area contributed by atoms with Crippen molar-refractivity contribution >= 4 is 22.7 Å². The Morgan fingerprint density at radius 3 is 2.63 bits per heavy atom. The number of hydrogen-bond donors (Lipinski definition) is 2. The van der Waals surface area contributed by atoms with E-state index in [1.165, 1.54) is 29.6 Å². The Labute approximate surface area is 215 Å². The maximum atomic E-state index is 13.6. The van der Waals surface area contributed by atoms with Gasteiger partial charge in [0, 0.05) is 35.7 Å². The molecule has 196 valence electrons. The van der Waals surface area contributed by atoms with Gasteiger partial charge < -0.3 is 10.6 Å². The molecule has 0 saturated heterocycles.